The predicted molar refractivity (Wildman–Crippen MR) is 65.4 cm³/mol. The van der Waals surface area contributed by atoms with E-state index in [1.165, 1.54) is 25.7 Å². The summed E-state index contributed by atoms with van der Waals surface area (Å²) in [4.78, 5) is 23.0. The molecule has 0 aromatic carbocycles. The van der Waals surface area contributed by atoms with E-state index in [1.54, 1.807) is 0 Å². The Balaban J connectivity index is 1.53. The molecule has 0 unspecified atom stereocenters. The van der Waals surface area contributed by atoms with Gasteiger partial charge >= 0.3 is 0 Å². The lowest BCUT2D eigenvalue weighted by Gasteiger charge is -2.11. The second-order valence-corrected chi connectivity index (χ2v) is 5.30. The smallest absolute Gasteiger partial charge is 0.220 e. The van der Waals surface area contributed by atoms with Crippen LogP contribution in [-0.4, -0.2) is 24.4 Å². The van der Waals surface area contributed by atoms with Gasteiger partial charge in [0, 0.05) is 25.4 Å². The van der Waals surface area contributed by atoms with Crippen LogP contribution >= 0.6 is 0 Å². The molecule has 0 radical (unpaired) electrons. The second-order valence-electron chi connectivity index (χ2n) is 5.30. The van der Waals surface area contributed by atoms with Gasteiger partial charge in [-0.3, -0.25) is 9.59 Å². The summed E-state index contributed by atoms with van der Waals surface area (Å²) in [6.07, 6.45) is 7.75. The molecule has 17 heavy (non-hydrogen) atoms. The number of hydrogen-bond donors (Lipinski definition) is 2. The first-order valence-corrected chi connectivity index (χ1v) is 6.80. The summed E-state index contributed by atoms with van der Waals surface area (Å²) < 4.78 is 0. The maximum absolute atomic E-state index is 11.6. The van der Waals surface area contributed by atoms with Crippen LogP contribution in [0.5, 0.6) is 0 Å². The van der Waals surface area contributed by atoms with Crippen LogP contribution < -0.4 is 10.6 Å². The van der Waals surface area contributed by atoms with Crippen molar-refractivity contribution >= 4 is 11.8 Å². The molecule has 0 aliphatic heterocycles. The highest BCUT2D eigenvalue weighted by Gasteiger charge is 2.22. The third kappa shape index (κ3) is 4.75. The molecular weight excluding hydrogens is 216 g/mol. The van der Waals surface area contributed by atoms with Gasteiger partial charge in [0.2, 0.25) is 11.8 Å². The average molecular weight is 238 g/mol. The average Bonchev–Trinajstić information content (AvgIpc) is 3.01. The van der Waals surface area contributed by atoms with Crippen molar-refractivity contribution in [2.24, 2.45) is 5.92 Å². The van der Waals surface area contributed by atoms with Crippen LogP contribution in [0.2, 0.25) is 0 Å². The molecule has 0 spiro atoms. The van der Waals surface area contributed by atoms with E-state index in [0.29, 0.717) is 24.8 Å². The van der Waals surface area contributed by atoms with Gasteiger partial charge in [-0.05, 0) is 31.6 Å². The number of nitrogens with one attached hydrogen (secondary N) is 2. The SMILES string of the molecule is O=C(CCC(=O)NC1CCCC1)NCC1CC1. The molecule has 0 saturated heterocycles. The third-order valence-electron chi connectivity index (χ3n) is 3.58. The quantitative estimate of drug-likeness (QED) is 0.734. The van der Waals surface area contributed by atoms with Crippen molar-refractivity contribution in [3.8, 4) is 0 Å². The first kappa shape index (κ1) is 12.4. The highest BCUT2D eigenvalue weighted by atomic mass is 16.2. The molecule has 96 valence electrons. The van der Waals surface area contributed by atoms with Crippen LogP contribution in [0.1, 0.15) is 51.4 Å². The topological polar surface area (TPSA) is 58.2 Å². The molecule has 2 saturated carbocycles. The summed E-state index contributed by atoms with van der Waals surface area (Å²) in [6, 6.07) is 0.358. The first-order chi connectivity index (χ1) is 8.24. The minimum Gasteiger partial charge on any atom is -0.356 e. The molecule has 0 atom stereocenters. The van der Waals surface area contributed by atoms with Gasteiger partial charge in [-0.2, -0.15) is 0 Å². The molecule has 2 N–H and O–H groups in total. The van der Waals surface area contributed by atoms with Crippen LogP contribution in [0, 0.1) is 5.92 Å². The van der Waals surface area contributed by atoms with Gasteiger partial charge in [0.05, 0.1) is 0 Å². The van der Waals surface area contributed by atoms with E-state index in [0.717, 1.165) is 19.4 Å². The van der Waals surface area contributed by atoms with Gasteiger partial charge in [-0.1, -0.05) is 12.8 Å². The zero-order chi connectivity index (χ0) is 12.1. The Morgan fingerprint density at radius 2 is 1.59 bits per heavy atom. The molecule has 4 nitrogen and oxygen atoms in total. The van der Waals surface area contributed by atoms with E-state index in [4.69, 9.17) is 0 Å². The lowest BCUT2D eigenvalue weighted by atomic mass is 10.2. The van der Waals surface area contributed by atoms with Crippen molar-refractivity contribution in [3.63, 3.8) is 0 Å². The normalized spacial score (nSPS) is 20.2. The Labute approximate surface area is 103 Å². The van der Waals surface area contributed by atoms with E-state index >= 15 is 0 Å². The Morgan fingerprint density at radius 3 is 2.24 bits per heavy atom. The van der Waals surface area contributed by atoms with Crippen LogP contribution in [0.4, 0.5) is 0 Å². The Kier molecular flexibility index (Phi) is 4.40. The summed E-state index contributed by atoms with van der Waals surface area (Å²) in [6.45, 7) is 0.795. The molecular formula is C13H22N2O2. The molecule has 0 aromatic heterocycles. The lowest BCUT2D eigenvalue weighted by molar-refractivity contribution is -0.126. The Bertz CT molecular complexity index is 281. The van der Waals surface area contributed by atoms with Crippen molar-refractivity contribution in [2.45, 2.75) is 57.4 Å². The van der Waals surface area contributed by atoms with E-state index in [2.05, 4.69) is 10.6 Å². The number of hydrogen-bond acceptors (Lipinski definition) is 2. The molecule has 2 rings (SSSR count). The zero-order valence-electron chi connectivity index (χ0n) is 10.3. The van der Waals surface area contributed by atoms with Gasteiger partial charge in [0.1, 0.15) is 0 Å². The molecule has 4 heteroatoms. The van der Waals surface area contributed by atoms with Crippen LogP contribution in [-0.2, 0) is 9.59 Å². The van der Waals surface area contributed by atoms with Crippen LogP contribution in [0.15, 0.2) is 0 Å². The summed E-state index contributed by atoms with van der Waals surface area (Å²) in [7, 11) is 0. The second kappa shape index (κ2) is 6.03. The maximum atomic E-state index is 11.6. The van der Waals surface area contributed by atoms with Crippen molar-refractivity contribution in [1.82, 2.24) is 10.6 Å². The van der Waals surface area contributed by atoms with Crippen molar-refractivity contribution in [2.75, 3.05) is 6.54 Å². The zero-order valence-corrected chi connectivity index (χ0v) is 10.3. The number of amides is 2. The molecule has 2 aliphatic carbocycles. The first-order valence-electron chi connectivity index (χ1n) is 6.80. The molecule has 0 aromatic rings. The van der Waals surface area contributed by atoms with Crippen LogP contribution in [0.25, 0.3) is 0 Å². The van der Waals surface area contributed by atoms with E-state index in [-0.39, 0.29) is 11.8 Å². The van der Waals surface area contributed by atoms with Crippen LogP contribution in [0.3, 0.4) is 0 Å². The van der Waals surface area contributed by atoms with Gasteiger partial charge < -0.3 is 10.6 Å². The monoisotopic (exact) mass is 238 g/mol. The summed E-state index contributed by atoms with van der Waals surface area (Å²) in [5.41, 5.74) is 0. The Hall–Kier alpha value is -1.06. The molecule has 2 amide bonds. The maximum Gasteiger partial charge on any atom is 0.220 e. The standard InChI is InChI=1S/C13H22N2O2/c16-12(14-9-10-5-6-10)7-8-13(17)15-11-3-1-2-4-11/h10-11H,1-9H2,(H,14,16)(H,15,17). The molecule has 2 fully saturated rings. The van der Waals surface area contributed by atoms with Crippen molar-refractivity contribution < 1.29 is 9.59 Å². The molecule has 0 heterocycles. The molecule has 2 aliphatic rings. The summed E-state index contributed by atoms with van der Waals surface area (Å²) in [5, 5.41) is 5.87. The van der Waals surface area contributed by atoms with Gasteiger partial charge in [-0.15, -0.1) is 0 Å². The van der Waals surface area contributed by atoms with E-state index < -0.39 is 0 Å². The highest BCUT2D eigenvalue weighted by molar-refractivity contribution is 5.83. The number of carbonyl (C=O) groups is 2. The lowest BCUT2D eigenvalue weighted by Crippen LogP contribution is -2.34. The predicted octanol–water partition coefficient (Wildman–Crippen LogP) is 1.35. The number of rotatable bonds is 6. The van der Waals surface area contributed by atoms with Gasteiger partial charge in [0.25, 0.3) is 0 Å². The fraction of sp³-hybridized carbons (Fsp3) is 0.846. The minimum atomic E-state index is 0.0125. The Morgan fingerprint density at radius 1 is 0.941 bits per heavy atom. The fourth-order valence-corrected chi connectivity index (χ4v) is 2.27. The van der Waals surface area contributed by atoms with E-state index in [1.807, 2.05) is 0 Å². The summed E-state index contributed by atoms with van der Waals surface area (Å²) in [5.74, 6) is 0.739. The van der Waals surface area contributed by atoms with Gasteiger partial charge in [0.15, 0.2) is 0 Å². The summed E-state index contributed by atoms with van der Waals surface area (Å²) >= 11 is 0. The largest absolute Gasteiger partial charge is 0.356 e. The minimum absolute atomic E-state index is 0.0125. The number of carbonyl (C=O) groups excluding carboxylic acids is 2. The van der Waals surface area contributed by atoms with Crippen molar-refractivity contribution in [1.29, 1.82) is 0 Å². The van der Waals surface area contributed by atoms with Crippen molar-refractivity contribution in [3.05, 3.63) is 0 Å². The highest BCUT2D eigenvalue weighted by Crippen LogP contribution is 2.27. The van der Waals surface area contributed by atoms with E-state index in [9.17, 15) is 9.59 Å². The fourth-order valence-electron chi connectivity index (χ4n) is 2.27. The third-order valence-corrected chi connectivity index (χ3v) is 3.58. The van der Waals surface area contributed by atoms with Gasteiger partial charge in [-0.25, -0.2) is 0 Å². The molecule has 0 bridgehead atoms.